The van der Waals surface area contributed by atoms with E-state index in [2.05, 4.69) is 27.0 Å². The maximum atomic E-state index is 12.8. The number of rotatable bonds is 2. The van der Waals surface area contributed by atoms with Gasteiger partial charge in [-0.05, 0) is 45.8 Å². The summed E-state index contributed by atoms with van der Waals surface area (Å²) >= 11 is 3.32. The number of hydrogen-bond acceptors (Lipinski definition) is 1. The fraction of sp³-hybridized carbons (Fsp3) is 0. The number of halogens is 2. The molecule has 0 aliphatic heterocycles. The van der Waals surface area contributed by atoms with Crippen molar-refractivity contribution in [2.45, 2.75) is 0 Å². The van der Waals surface area contributed by atoms with E-state index >= 15 is 0 Å². The van der Waals surface area contributed by atoms with Crippen molar-refractivity contribution in [1.29, 1.82) is 5.26 Å². The quantitative estimate of drug-likeness (QED) is 0.835. The number of benzene rings is 1. The Hall–Kier alpha value is -1.86. The van der Waals surface area contributed by atoms with E-state index < -0.39 is 0 Å². The van der Waals surface area contributed by atoms with E-state index in [4.69, 9.17) is 5.26 Å². The molecule has 0 radical (unpaired) electrons. The highest BCUT2D eigenvalue weighted by Crippen LogP contribution is 2.19. The van der Waals surface area contributed by atoms with Crippen LogP contribution in [0.3, 0.4) is 0 Å². The van der Waals surface area contributed by atoms with E-state index in [1.54, 1.807) is 24.4 Å². The first-order chi connectivity index (χ1) is 8.19. The zero-order valence-corrected chi connectivity index (χ0v) is 10.3. The molecule has 17 heavy (non-hydrogen) atoms. The molecule has 0 unspecified atom stereocenters. The van der Waals surface area contributed by atoms with Crippen LogP contribution in [-0.2, 0) is 0 Å². The second-order valence-corrected chi connectivity index (χ2v) is 4.37. The van der Waals surface area contributed by atoms with Crippen LogP contribution < -0.4 is 0 Å². The summed E-state index contributed by atoms with van der Waals surface area (Å²) in [7, 11) is 0. The summed E-state index contributed by atoms with van der Waals surface area (Å²) in [6.07, 6.45) is 3.50. The smallest absolute Gasteiger partial charge is 0.123 e. The Morgan fingerprint density at radius 3 is 2.59 bits per heavy atom. The molecule has 0 saturated carbocycles. The normalized spacial score (nSPS) is 11.2. The maximum Gasteiger partial charge on any atom is 0.123 e. The van der Waals surface area contributed by atoms with Gasteiger partial charge in [0.2, 0.25) is 0 Å². The van der Waals surface area contributed by atoms with Crippen LogP contribution in [0.2, 0.25) is 0 Å². The summed E-state index contributed by atoms with van der Waals surface area (Å²) in [6, 6.07) is 9.81. The van der Waals surface area contributed by atoms with Crippen LogP contribution in [0.5, 0.6) is 0 Å². The Balaban J connectivity index is 2.37. The lowest BCUT2D eigenvalue weighted by molar-refractivity contribution is 0.627. The van der Waals surface area contributed by atoms with Crippen molar-refractivity contribution < 1.29 is 4.39 Å². The van der Waals surface area contributed by atoms with Gasteiger partial charge in [-0.25, -0.2) is 4.39 Å². The molecule has 0 fully saturated rings. The zero-order chi connectivity index (χ0) is 12.3. The number of allylic oxidation sites excluding steroid dienone is 1. The van der Waals surface area contributed by atoms with Gasteiger partial charge in [0, 0.05) is 16.4 Å². The van der Waals surface area contributed by atoms with Gasteiger partial charge in [-0.1, -0.05) is 12.1 Å². The van der Waals surface area contributed by atoms with E-state index in [1.807, 2.05) is 6.07 Å². The molecule has 1 heterocycles. The van der Waals surface area contributed by atoms with E-state index in [0.717, 1.165) is 10.2 Å². The monoisotopic (exact) mass is 290 g/mol. The van der Waals surface area contributed by atoms with Crippen molar-refractivity contribution in [3.63, 3.8) is 0 Å². The fourth-order valence-electron chi connectivity index (χ4n) is 1.43. The number of aromatic amines is 1. The number of nitriles is 1. The van der Waals surface area contributed by atoms with Gasteiger partial charge in [-0.2, -0.15) is 5.26 Å². The summed E-state index contributed by atoms with van der Waals surface area (Å²) in [5.74, 6) is -0.311. The Morgan fingerprint density at radius 1 is 1.35 bits per heavy atom. The van der Waals surface area contributed by atoms with Gasteiger partial charge in [0.25, 0.3) is 0 Å². The maximum absolute atomic E-state index is 12.8. The van der Waals surface area contributed by atoms with Crippen molar-refractivity contribution in [3.05, 3.63) is 58.1 Å². The molecule has 84 valence electrons. The molecule has 2 rings (SSSR count). The van der Waals surface area contributed by atoms with Crippen molar-refractivity contribution in [2.75, 3.05) is 0 Å². The van der Waals surface area contributed by atoms with Crippen LogP contribution in [0, 0.1) is 17.1 Å². The van der Waals surface area contributed by atoms with Crippen molar-refractivity contribution in [1.82, 2.24) is 4.98 Å². The van der Waals surface area contributed by atoms with Gasteiger partial charge in [0.15, 0.2) is 0 Å². The Labute approximate surface area is 107 Å². The minimum atomic E-state index is -0.311. The first kappa shape index (κ1) is 11.6. The van der Waals surface area contributed by atoms with Crippen molar-refractivity contribution in [2.24, 2.45) is 0 Å². The van der Waals surface area contributed by atoms with E-state index in [9.17, 15) is 4.39 Å². The van der Waals surface area contributed by atoms with Crippen LogP contribution in [0.1, 0.15) is 11.3 Å². The third-order valence-electron chi connectivity index (χ3n) is 2.25. The van der Waals surface area contributed by atoms with Crippen molar-refractivity contribution >= 4 is 27.6 Å². The summed E-state index contributed by atoms with van der Waals surface area (Å²) in [5.41, 5.74) is 2.00. The van der Waals surface area contributed by atoms with E-state index in [0.29, 0.717) is 11.1 Å². The largest absolute Gasteiger partial charge is 0.361 e. The van der Waals surface area contributed by atoms with Gasteiger partial charge in [-0.15, -0.1) is 0 Å². The summed E-state index contributed by atoms with van der Waals surface area (Å²) in [4.78, 5) is 3.00. The van der Waals surface area contributed by atoms with Gasteiger partial charge in [-0.3, -0.25) is 0 Å². The molecule has 1 aromatic carbocycles. The number of nitrogens with one attached hydrogen (secondary N) is 1. The fourth-order valence-corrected chi connectivity index (χ4v) is 1.79. The second-order valence-electron chi connectivity index (χ2n) is 3.45. The Bertz CT molecular complexity index is 591. The molecule has 0 atom stereocenters. The molecular formula is C13H8BrFN2. The Morgan fingerprint density at radius 2 is 2.06 bits per heavy atom. The summed E-state index contributed by atoms with van der Waals surface area (Å²) in [6.45, 7) is 0. The molecule has 0 saturated heterocycles. The summed E-state index contributed by atoms with van der Waals surface area (Å²) < 4.78 is 13.7. The van der Waals surface area contributed by atoms with E-state index in [-0.39, 0.29) is 5.82 Å². The van der Waals surface area contributed by atoms with Gasteiger partial charge >= 0.3 is 0 Å². The van der Waals surface area contributed by atoms with Crippen LogP contribution in [0.15, 0.2) is 41.0 Å². The topological polar surface area (TPSA) is 39.6 Å². The minimum Gasteiger partial charge on any atom is -0.361 e. The van der Waals surface area contributed by atoms with Gasteiger partial charge < -0.3 is 4.98 Å². The lowest BCUT2D eigenvalue weighted by atomic mass is 10.1. The lowest BCUT2D eigenvalue weighted by Crippen LogP contribution is -1.83. The number of aromatic nitrogens is 1. The minimum absolute atomic E-state index is 0.311. The Kier molecular flexibility index (Phi) is 3.40. The molecular weight excluding hydrogens is 283 g/mol. The van der Waals surface area contributed by atoms with Crippen molar-refractivity contribution in [3.8, 4) is 6.07 Å². The first-order valence-electron chi connectivity index (χ1n) is 4.90. The molecule has 0 spiro atoms. The summed E-state index contributed by atoms with van der Waals surface area (Å²) in [5, 5.41) is 9.08. The highest BCUT2D eigenvalue weighted by Gasteiger charge is 2.02. The van der Waals surface area contributed by atoms with Crippen LogP contribution in [-0.4, -0.2) is 4.98 Å². The van der Waals surface area contributed by atoms with Gasteiger partial charge in [0.05, 0.1) is 11.6 Å². The zero-order valence-electron chi connectivity index (χ0n) is 8.74. The molecule has 0 aliphatic rings. The standard InChI is InChI=1S/C13H8BrFN2/c14-11-6-13(17-8-11)5-10(7-16)9-1-3-12(15)4-2-9/h1-6,8,17H/b10-5+. The molecule has 0 bridgehead atoms. The van der Waals surface area contributed by atoms with E-state index in [1.165, 1.54) is 12.1 Å². The number of H-pyrrole nitrogens is 1. The van der Waals surface area contributed by atoms with Crippen LogP contribution >= 0.6 is 15.9 Å². The average molecular weight is 291 g/mol. The molecule has 0 amide bonds. The SMILES string of the molecule is N#C/C(=C\c1cc(Br)c[nH]1)c1ccc(F)cc1. The second kappa shape index (κ2) is 4.98. The molecule has 2 aromatic rings. The van der Waals surface area contributed by atoms with Gasteiger partial charge in [0.1, 0.15) is 5.82 Å². The van der Waals surface area contributed by atoms with Crippen LogP contribution in [0.25, 0.3) is 11.6 Å². The number of nitrogens with zero attached hydrogens (tertiary/aromatic N) is 1. The average Bonchev–Trinajstić information content (AvgIpc) is 2.73. The number of hydrogen-bond donors (Lipinski definition) is 1. The molecule has 1 aromatic heterocycles. The molecule has 0 aliphatic carbocycles. The van der Waals surface area contributed by atoms with Crippen LogP contribution in [0.4, 0.5) is 4.39 Å². The molecule has 2 nitrogen and oxygen atoms in total. The lowest BCUT2D eigenvalue weighted by Gasteiger charge is -1.98. The highest BCUT2D eigenvalue weighted by atomic mass is 79.9. The first-order valence-corrected chi connectivity index (χ1v) is 5.70. The third-order valence-corrected chi connectivity index (χ3v) is 2.70. The molecule has 4 heteroatoms. The predicted octanol–water partition coefficient (Wildman–Crippen LogP) is 3.98. The third kappa shape index (κ3) is 2.83. The predicted molar refractivity (Wildman–Crippen MR) is 68.4 cm³/mol. The molecule has 1 N–H and O–H groups in total. The highest BCUT2D eigenvalue weighted by molar-refractivity contribution is 9.10.